The first-order valence-corrected chi connectivity index (χ1v) is 7.37. The molecule has 0 aromatic rings. The minimum atomic E-state index is -2.08. The monoisotopic (exact) mass is 321 g/mol. The molecule has 0 aliphatic rings. The van der Waals surface area contributed by atoms with Crippen LogP contribution in [0.2, 0.25) is 0 Å². The summed E-state index contributed by atoms with van der Waals surface area (Å²) in [5.74, 6) is 0. The maximum atomic E-state index is 13.4. The molecule has 7 heteroatoms. The first kappa shape index (κ1) is 20.5. The molecular weight excluding hydrogens is 296 g/mol. The molecule has 0 saturated carbocycles. The fraction of sp³-hybridized carbons (Fsp3) is 1.00. The molecule has 0 aliphatic carbocycles. The van der Waals surface area contributed by atoms with E-state index >= 15 is 0 Å². The Morgan fingerprint density at radius 3 is 1.86 bits per heavy atom. The molecule has 0 bridgehead atoms. The molecule has 0 rings (SSSR count). The van der Waals surface area contributed by atoms with Gasteiger partial charge in [-0.25, -0.2) is 26.3 Å². The molecule has 0 radical (unpaired) electrons. The van der Waals surface area contributed by atoms with E-state index in [4.69, 9.17) is 0 Å². The molecule has 6 atom stereocenters. The van der Waals surface area contributed by atoms with Gasteiger partial charge in [-0.2, -0.15) is 0 Å². The second-order valence-electron chi connectivity index (χ2n) is 5.27. The van der Waals surface area contributed by atoms with Gasteiger partial charge >= 0.3 is 0 Å². The molecule has 128 valence electrons. The first-order chi connectivity index (χ1) is 9.79. The third-order valence-corrected chi connectivity index (χ3v) is 3.27. The molecular formula is C14H25F6N. The van der Waals surface area contributed by atoms with Crippen molar-refractivity contribution in [2.24, 2.45) is 0 Å². The molecule has 0 saturated heterocycles. The molecule has 0 aliphatic heterocycles. The van der Waals surface area contributed by atoms with Crippen molar-refractivity contribution in [2.75, 3.05) is 6.54 Å². The summed E-state index contributed by atoms with van der Waals surface area (Å²) in [6, 6.07) is 0. The molecule has 0 aromatic carbocycles. The van der Waals surface area contributed by atoms with Crippen molar-refractivity contribution in [2.45, 2.75) is 83.1 Å². The summed E-state index contributed by atoms with van der Waals surface area (Å²) < 4.78 is 78.6. The highest BCUT2D eigenvalue weighted by Gasteiger charge is 2.26. The second-order valence-corrected chi connectivity index (χ2v) is 5.27. The molecule has 1 nitrogen and oxygen atoms in total. The lowest BCUT2D eigenvalue weighted by Gasteiger charge is -2.19. The van der Waals surface area contributed by atoms with Crippen molar-refractivity contribution in [1.82, 2.24) is 5.32 Å². The third-order valence-electron chi connectivity index (χ3n) is 3.27. The van der Waals surface area contributed by atoms with Crippen molar-refractivity contribution in [3.05, 3.63) is 0 Å². The first-order valence-electron chi connectivity index (χ1n) is 7.37. The van der Waals surface area contributed by atoms with E-state index in [2.05, 4.69) is 0 Å². The van der Waals surface area contributed by atoms with Gasteiger partial charge in [0.2, 0.25) is 0 Å². The van der Waals surface area contributed by atoms with E-state index < -0.39 is 56.5 Å². The molecule has 0 spiro atoms. The number of hydrogen-bond donors (Lipinski definition) is 1. The molecule has 0 heterocycles. The lowest BCUT2D eigenvalue weighted by molar-refractivity contribution is 0.0891. The summed E-state index contributed by atoms with van der Waals surface area (Å²) in [4.78, 5) is 0. The van der Waals surface area contributed by atoms with Gasteiger partial charge in [0.25, 0.3) is 0 Å². The lowest BCUT2D eigenvalue weighted by atomic mass is 10.1. The molecule has 0 aromatic heterocycles. The van der Waals surface area contributed by atoms with Gasteiger partial charge in [-0.05, 0) is 26.2 Å². The van der Waals surface area contributed by atoms with E-state index in [0.717, 1.165) is 6.92 Å². The quantitative estimate of drug-likeness (QED) is 0.411. The lowest BCUT2D eigenvalue weighted by Crippen LogP contribution is -2.40. The predicted molar refractivity (Wildman–Crippen MR) is 71.8 cm³/mol. The van der Waals surface area contributed by atoms with Crippen LogP contribution in [0.4, 0.5) is 26.3 Å². The van der Waals surface area contributed by atoms with Crippen LogP contribution in [0.1, 0.15) is 46.0 Å². The zero-order valence-corrected chi connectivity index (χ0v) is 12.5. The van der Waals surface area contributed by atoms with E-state index in [1.54, 1.807) is 0 Å². The van der Waals surface area contributed by atoms with E-state index in [1.807, 2.05) is 12.2 Å². The predicted octanol–water partition coefficient (Wildman–Crippen LogP) is 4.55. The van der Waals surface area contributed by atoms with E-state index in [9.17, 15) is 26.3 Å². The van der Waals surface area contributed by atoms with Crippen LogP contribution in [0.25, 0.3) is 0 Å². The topological polar surface area (TPSA) is 12.0 Å². The summed E-state index contributed by atoms with van der Waals surface area (Å²) in [5, 5.41) is 1.96. The Morgan fingerprint density at radius 1 is 0.762 bits per heavy atom. The summed E-state index contributed by atoms with van der Waals surface area (Å²) >= 11 is 0. The Labute approximate surface area is 122 Å². The third kappa shape index (κ3) is 9.22. The number of hydrogen-bond acceptors (Lipinski definition) is 1. The molecule has 21 heavy (non-hydrogen) atoms. The summed E-state index contributed by atoms with van der Waals surface area (Å²) in [6.45, 7) is 2.13. The van der Waals surface area contributed by atoms with Crippen LogP contribution in [0.15, 0.2) is 0 Å². The number of nitrogens with one attached hydrogen (secondary N) is 1. The van der Waals surface area contributed by atoms with Crippen molar-refractivity contribution in [1.29, 1.82) is 0 Å². The van der Waals surface area contributed by atoms with Gasteiger partial charge in [-0.15, -0.1) is 0 Å². The molecule has 0 amide bonds. The summed E-state index contributed by atoms with van der Waals surface area (Å²) in [6.07, 6.45) is -11.2. The van der Waals surface area contributed by atoms with Crippen molar-refractivity contribution in [3.63, 3.8) is 0 Å². The van der Waals surface area contributed by atoms with Gasteiger partial charge in [-0.3, -0.25) is 5.32 Å². The summed E-state index contributed by atoms with van der Waals surface area (Å²) in [5.41, 5.74) is 0. The average molecular weight is 321 g/mol. The Morgan fingerprint density at radius 2 is 1.33 bits per heavy atom. The number of rotatable bonds is 12. The van der Waals surface area contributed by atoms with E-state index in [-0.39, 0.29) is 6.42 Å². The fourth-order valence-electron chi connectivity index (χ4n) is 1.76. The van der Waals surface area contributed by atoms with Crippen molar-refractivity contribution in [3.8, 4) is 0 Å². The van der Waals surface area contributed by atoms with Gasteiger partial charge in [0.15, 0.2) is 6.30 Å². The number of halogens is 6. The average Bonchev–Trinajstić information content (AvgIpc) is 2.46. The molecule has 6 unspecified atom stereocenters. The SMILES string of the molecule is CCCCC(F)C(F)NCC(F)C(F)CCC(F)C(C)F. The number of unbranched alkanes of at least 4 members (excludes halogenated alkanes) is 1. The smallest absolute Gasteiger partial charge is 0.182 e. The standard InChI is InChI=1S/C14H25F6N/c1-3-4-5-12(18)14(20)21-8-13(19)11(17)7-6-10(16)9(2)15/h9-14,21H,3-8H2,1-2H3. The van der Waals surface area contributed by atoms with Gasteiger partial charge in [-0.1, -0.05) is 19.8 Å². The highest BCUT2D eigenvalue weighted by Crippen LogP contribution is 2.17. The molecule has 0 fully saturated rings. The highest BCUT2D eigenvalue weighted by molar-refractivity contribution is 4.76. The minimum Gasteiger partial charge on any atom is -0.282 e. The zero-order chi connectivity index (χ0) is 16.4. The Bertz CT molecular complexity index is 254. The normalized spacial score (nSPS) is 20.6. The van der Waals surface area contributed by atoms with Gasteiger partial charge in [0, 0.05) is 6.54 Å². The maximum absolute atomic E-state index is 13.4. The van der Waals surface area contributed by atoms with Gasteiger partial charge in [0.05, 0.1) is 0 Å². The van der Waals surface area contributed by atoms with Crippen LogP contribution in [-0.4, -0.2) is 43.7 Å². The maximum Gasteiger partial charge on any atom is 0.182 e. The fourth-order valence-corrected chi connectivity index (χ4v) is 1.76. The Balaban J connectivity index is 3.93. The van der Waals surface area contributed by atoms with Crippen molar-refractivity contribution >= 4 is 0 Å². The van der Waals surface area contributed by atoms with Gasteiger partial charge < -0.3 is 0 Å². The van der Waals surface area contributed by atoms with Crippen LogP contribution in [0, 0.1) is 0 Å². The van der Waals surface area contributed by atoms with Crippen molar-refractivity contribution < 1.29 is 26.3 Å². The van der Waals surface area contributed by atoms with Crippen LogP contribution in [0.3, 0.4) is 0 Å². The largest absolute Gasteiger partial charge is 0.282 e. The van der Waals surface area contributed by atoms with Crippen LogP contribution in [0.5, 0.6) is 0 Å². The van der Waals surface area contributed by atoms with Crippen LogP contribution >= 0.6 is 0 Å². The number of alkyl halides is 6. The van der Waals surface area contributed by atoms with Crippen LogP contribution < -0.4 is 5.32 Å². The van der Waals surface area contributed by atoms with Gasteiger partial charge in [0.1, 0.15) is 30.9 Å². The zero-order valence-electron chi connectivity index (χ0n) is 12.5. The molecule has 1 N–H and O–H groups in total. The summed E-state index contributed by atoms with van der Waals surface area (Å²) in [7, 11) is 0. The Hall–Kier alpha value is -0.460. The van der Waals surface area contributed by atoms with E-state index in [1.165, 1.54) is 0 Å². The highest BCUT2D eigenvalue weighted by atomic mass is 19.2. The Kier molecular flexibility index (Phi) is 10.9. The van der Waals surface area contributed by atoms with E-state index in [0.29, 0.717) is 12.8 Å². The minimum absolute atomic E-state index is 0.0125. The van der Waals surface area contributed by atoms with Crippen LogP contribution in [-0.2, 0) is 0 Å². The second kappa shape index (κ2) is 11.2.